The third-order valence-corrected chi connectivity index (χ3v) is 7.15. The maximum atomic E-state index is 12.8. The van der Waals surface area contributed by atoms with Gasteiger partial charge in [-0.1, -0.05) is 12.2 Å². The molecule has 0 spiro atoms. The zero-order valence-corrected chi connectivity index (χ0v) is 21.4. The Labute approximate surface area is 222 Å². The topological polar surface area (TPSA) is 86.4 Å². The molecule has 0 saturated carbocycles. The van der Waals surface area contributed by atoms with Crippen LogP contribution in [0.3, 0.4) is 0 Å². The summed E-state index contributed by atoms with van der Waals surface area (Å²) in [5.74, 6) is 0.532. The van der Waals surface area contributed by atoms with Gasteiger partial charge in [-0.05, 0) is 66.3 Å². The van der Waals surface area contributed by atoms with Gasteiger partial charge in [0.05, 0.1) is 24.3 Å². The Kier molecular flexibility index (Phi) is 7.15. The summed E-state index contributed by atoms with van der Waals surface area (Å²) in [6.07, 6.45) is 12.1. The molecule has 8 heteroatoms. The van der Waals surface area contributed by atoms with Crippen molar-refractivity contribution in [2.75, 3.05) is 49.6 Å². The number of hydrogen-bond donors (Lipinski definition) is 2. The van der Waals surface area contributed by atoms with Crippen LogP contribution in [0.15, 0.2) is 78.0 Å². The van der Waals surface area contributed by atoms with E-state index in [2.05, 4.69) is 67.6 Å². The van der Waals surface area contributed by atoms with E-state index in [1.165, 1.54) is 5.69 Å². The van der Waals surface area contributed by atoms with Gasteiger partial charge >= 0.3 is 0 Å². The minimum absolute atomic E-state index is 0.170. The summed E-state index contributed by atoms with van der Waals surface area (Å²) in [7, 11) is 0. The van der Waals surface area contributed by atoms with E-state index >= 15 is 0 Å². The highest BCUT2D eigenvalue weighted by Crippen LogP contribution is 2.29. The van der Waals surface area contributed by atoms with Crippen molar-refractivity contribution >= 4 is 28.0 Å². The van der Waals surface area contributed by atoms with E-state index in [4.69, 9.17) is 9.72 Å². The fraction of sp³-hybridized carbons (Fsp3) is 0.300. The van der Waals surface area contributed by atoms with Crippen LogP contribution in [0.4, 0.5) is 17.2 Å². The van der Waals surface area contributed by atoms with Crippen LogP contribution in [0.5, 0.6) is 0 Å². The Morgan fingerprint density at radius 2 is 1.74 bits per heavy atom. The first kappa shape index (κ1) is 24.3. The zero-order valence-electron chi connectivity index (χ0n) is 21.4. The molecule has 6 rings (SSSR count). The molecule has 2 aliphatic heterocycles. The van der Waals surface area contributed by atoms with Gasteiger partial charge < -0.3 is 19.9 Å². The monoisotopic (exact) mass is 508 g/mol. The zero-order chi connectivity index (χ0) is 25.7. The Balaban J connectivity index is 1.30. The second kappa shape index (κ2) is 11.2. The molecule has 1 saturated heterocycles. The molecule has 5 heterocycles. The van der Waals surface area contributed by atoms with Gasteiger partial charge in [-0.25, -0.2) is 4.98 Å². The number of pyridine rings is 3. The first-order chi connectivity index (χ1) is 18.7. The summed E-state index contributed by atoms with van der Waals surface area (Å²) < 4.78 is 5.48. The van der Waals surface area contributed by atoms with E-state index in [9.17, 15) is 4.79 Å². The molecule has 3 aromatic heterocycles. The molecule has 1 aromatic carbocycles. The SMILES string of the molecule is O=c1[nH]ccc2cc(-c3cncc(CN4CCOCC4)c3)nc(Nc3ccc(N4CCC=CCC4)cc3)c12. The van der Waals surface area contributed by atoms with Crippen LogP contribution < -0.4 is 15.8 Å². The highest BCUT2D eigenvalue weighted by molar-refractivity contribution is 5.95. The summed E-state index contributed by atoms with van der Waals surface area (Å²) in [5, 5.41) is 4.78. The van der Waals surface area contributed by atoms with Crippen molar-refractivity contribution in [1.29, 1.82) is 0 Å². The van der Waals surface area contributed by atoms with Gasteiger partial charge in [-0.3, -0.25) is 14.7 Å². The molecule has 1 fully saturated rings. The van der Waals surface area contributed by atoms with Crippen LogP contribution >= 0.6 is 0 Å². The van der Waals surface area contributed by atoms with Crippen LogP contribution in [-0.2, 0) is 11.3 Å². The number of hydrogen-bond acceptors (Lipinski definition) is 7. The number of rotatable bonds is 6. The fourth-order valence-corrected chi connectivity index (χ4v) is 5.14. The van der Waals surface area contributed by atoms with Gasteiger partial charge in [0, 0.05) is 68.3 Å². The molecule has 0 amide bonds. The molecule has 8 nitrogen and oxygen atoms in total. The number of ether oxygens (including phenoxy) is 1. The normalized spacial score (nSPS) is 16.5. The predicted octanol–water partition coefficient (Wildman–Crippen LogP) is 4.72. The highest BCUT2D eigenvalue weighted by atomic mass is 16.5. The molecule has 194 valence electrons. The number of H-pyrrole nitrogens is 1. The molecular weight excluding hydrogens is 476 g/mol. The van der Waals surface area contributed by atoms with Gasteiger partial charge in [0.1, 0.15) is 5.82 Å². The van der Waals surface area contributed by atoms with E-state index < -0.39 is 0 Å². The van der Waals surface area contributed by atoms with E-state index in [-0.39, 0.29) is 5.56 Å². The molecule has 38 heavy (non-hydrogen) atoms. The Morgan fingerprint density at radius 1 is 0.947 bits per heavy atom. The first-order valence-corrected chi connectivity index (χ1v) is 13.3. The van der Waals surface area contributed by atoms with Gasteiger partial charge in [-0.2, -0.15) is 0 Å². The van der Waals surface area contributed by atoms with E-state index in [0.29, 0.717) is 11.2 Å². The number of morpholine rings is 1. The number of fused-ring (bicyclic) bond motifs is 1. The molecule has 4 aromatic rings. The smallest absolute Gasteiger partial charge is 0.259 e. The molecule has 2 aliphatic rings. The van der Waals surface area contributed by atoms with Crippen molar-refractivity contribution in [2.24, 2.45) is 0 Å². The van der Waals surface area contributed by atoms with E-state index in [1.54, 1.807) is 6.20 Å². The molecule has 2 N–H and O–H groups in total. The number of aromatic nitrogens is 3. The lowest BCUT2D eigenvalue weighted by molar-refractivity contribution is 0.0341. The Morgan fingerprint density at radius 3 is 2.53 bits per heavy atom. The number of aromatic amines is 1. The summed E-state index contributed by atoms with van der Waals surface area (Å²) in [6.45, 7) is 6.22. The van der Waals surface area contributed by atoms with Gasteiger partial charge in [0.15, 0.2) is 0 Å². The second-order valence-electron chi connectivity index (χ2n) is 9.81. The first-order valence-electron chi connectivity index (χ1n) is 13.3. The lowest BCUT2D eigenvalue weighted by atomic mass is 10.1. The van der Waals surface area contributed by atoms with Crippen LogP contribution in [0.25, 0.3) is 22.0 Å². The largest absolute Gasteiger partial charge is 0.379 e. The molecule has 0 bridgehead atoms. The number of nitrogens with zero attached hydrogens (tertiary/aromatic N) is 4. The maximum absolute atomic E-state index is 12.8. The van der Waals surface area contributed by atoms with Crippen molar-refractivity contribution in [3.8, 4) is 11.3 Å². The van der Waals surface area contributed by atoms with Crippen LogP contribution in [0.1, 0.15) is 18.4 Å². The summed E-state index contributed by atoms with van der Waals surface area (Å²) in [6, 6.07) is 14.4. The molecule has 0 aliphatic carbocycles. The molecule has 0 unspecified atom stereocenters. The van der Waals surface area contributed by atoms with Crippen LogP contribution in [0.2, 0.25) is 0 Å². The second-order valence-corrected chi connectivity index (χ2v) is 9.81. The van der Waals surface area contributed by atoms with E-state index in [0.717, 1.165) is 86.7 Å². The standard InChI is InChI=1S/C30H32N6O2/c37-30-28-23(9-10-32-30)18-27(24-17-22(19-31-20-24)21-35-13-15-38-16-14-35)34-29(28)33-25-5-7-26(8-6-25)36-11-3-1-2-4-12-36/h1-2,5-10,17-20H,3-4,11-16,21H2,(H,32,37)(H,33,34). The average molecular weight is 509 g/mol. The third kappa shape index (κ3) is 5.46. The average Bonchev–Trinajstić information content (AvgIpc) is 3.24. The van der Waals surface area contributed by atoms with Gasteiger partial charge in [0.2, 0.25) is 0 Å². The highest BCUT2D eigenvalue weighted by Gasteiger charge is 2.15. The third-order valence-electron chi connectivity index (χ3n) is 7.15. The predicted molar refractivity (Wildman–Crippen MR) is 152 cm³/mol. The summed E-state index contributed by atoms with van der Waals surface area (Å²) in [5.41, 5.74) is 4.74. The quantitative estimate of drug-likeness (QED) is 0.365. The van der Waals surface area contributed by atoms with Crippen molar-refractivity contribution < 1.29 is 4.74 Å². The number of nitrogens with one attached hydrogen (secondary N) is 2. The Bertz CT molecular complexity index is 1480. The summed E-state index contributed by atoms with van der Waals surface area (Å²) in [4.78, 5) is 29.8. The van der Waals surface area contributed by atoms with Crippen molar-refractivity contribution in [1.82, 2.24) is 19.9 Å². The van der Waals surface area contributed by atoms with Gasteiger partial charge in [-0.15, -0.1) is 0 Å². The number of anilines is 3. The Hall–Kier alpha value is -4.01. The minimum atomic E-state index is -0.170. The van der Waals surface area contributed by atoms with Crippen molar-refractivity contribution in [3.05, 3.63) is 89.1 Å². The van der Waals surface area contributed by atoms with Crippen molar-refractivity contribution in [3.63, 3.8) is 0 Å². The molecular formula is C30H32N6O2. The number of benzene rings is 1. The lowest BCUT2D eigenvalue weighted by Crippen LogP contribution is -2.35. The minimum Gasteiger partial charge on any atom is -0.379 e. The molecule has 0 radical (unpaired) electrons. The van der Waals surface area contributed by atoms with Gasteiger partial charge in [0.25, 0.3) is 5.56 Å². The van der Waals surface area contributed by atoms with Crippen LogP contribution in [-0.4, -0.2) is 59.2 Å². The van der Waals surface area contributed by atoms with Crippen molar-refractivity contribution in [2.45, 2.75) is 19.4 Å². The maximum Gasteiger partial charge on any atom is 0.259 e. The molecule has 0 atom stereocenters. The lowest BCUT2D eigenvalue weighted by Gasteiger charge is -2.26. The summed E-state index contributed by atoms with van der Waals surface area (Å²) >= 11 is 0. The fourth-order valence-electron chi connectivity index (χ4n) is 5.14. The van der Waals surface area contributed by atoms with E-state index in [1.807, 2.05) is 24.5 Å². The van der Waals surface area contributed by atoms with Crippen LogP contribution in [0, 0.1) is 0 Å².